The minimum atomic E-state index is -1.32. The zero-order chi connectivity index (χ0) is 10.4. The van der Waals surface area contributed by atoms with E-state index < -0.39 is 22.0 Å². The number of hydrogen-bond acceptors (Lipinski definition) is 3. The van der Waals surface area contributed by atoms with E-state index in [4.69, 9.17) is 9.84 Å². The molecule has 0 fully saturated rings. The van der Waals surface area contributed by atoms with Crippen molar-refractivity contribution < 1.29 is 18.8 Å². The average molecular weight is 208 g/mol. The first-order valence-electron chi connectivity index (χ1n) is 4.11. The molecule has 0 saturated carbocycles. The van der Waals surface area contributed by atoms with Gasteiger partial charge < -0.3 is 9.84 Å². The first-order valence-corrected chi connectivity index (χ1v) is 5.39. The molecule has 0 aliphatic heterocycles. The van der Waals surface area contributed by atoms with Crippen LogP contribution in [0.4, 0.5) is 0 Å². The van der Waals surface area contributed by atoms with Crippen LogP contribution in [0.15, 0.2) is 0 Å². The summed E-state index contributed by atoms with van der Waals surface area (Å²) >= 11 is 0. The van der Waals surface area contributed by atoms with Gasteiger partial charge in [-0.15, -0.1) is 0 Å². The van der Waals surface area contributed by atoms with Crippen LogP contribution in [-0.2, 0) is 20.3 Å². The van der Waals surface area contributed by atoms with Crippen LogP contribution in [0.1, 0.15) is 20.3 Å². The molecule has 4 nitrogen and oxygen atoms in total. The minimum Gasteiger partial charge on any atom is -0.480 e. The van der Waals surface area contributed by atoms with Crippen LogP contribution in [-0.4, -0.2) is 39.5 Å². The Morgan fingerprint density at radius 3 is 2.46 bits per heavy atom. The molecule has 78 valence electrons. The lowest BCUT2D eigenvalue weighted by molar-refractivity contribution is -0.136. The lowest BCUT2D eigenvalue weighted by Gasteiger charge is -2.13. The average Bonchev–Trinajstić information content (AvgIpc) is 2.11. The molecule has 0 aliphatic carbocycles. The van der Waals surface area contributed by atoms with Crippen molar-refractivity contribution in [3.8, 4) is 0 Å². The third kappa shape index (κ3) is 4.38. The van der Waals surface area contributed by atoms with E-state index in [9.17, 15) is 9.00 Å². The molecule has 3 unspecified atom stereocenters. The van der Waals surface area contributed by atoms with Gasteiger partial charge in [-0.25, -0.2) is 0 Å². The maximum atomic E-state index is 11.5. The highest BCUT2D eigenvalue weighted by Crippen LogP contribution is 2.07. The van der Waals surface area contributed by atoms with Gasteiger partial charge in [-0.05, 0) is 13.3 Å². The Morgan fingerprint density at radius 1 is 1.54 bits per heavy atom. The molecule has 0 radical (unpaired) electrons. The largest absolute Gasteiger partial charge is 0.480 e. The van der Waals surface area contributed by atoms with Gasteiger partial charge in [-0.1, -0.05) is 6.92 Å². The molecular formula is C8H16O4S. The van der Waals surface area contributed by atoms with Crippen LogP contribution in [0.2, 0.25) is 0 Å². The number of carboxylic acids is 1. The summed E-state index contributed by atoms with van der Waals surface area (Å²) in [5.74, 6) is -1.01. The summed E-state index contributed by atoms with van der Waals surface area (Å²) in [6.07, 6.45) is 0.626. The summed E-state index contributed by atoms with van der Waals surface area (Å²) in [4.78, 5) is 10.5. The highest BCUT2D eigenvalue weighted by atomic mass is 32.2. The first kappa shape index (κ1) is 12.6. The van der Waals surface area contributed by atoms with Gasteiger partial charge in [0.2, 0.25) is 0 Å². The second-order valence-electron chi connectivity index (χ2n) is 2.90. The molecule has 0 spiro atoms. The summed E-state index contributed by atoms with van der Waals surface area (Å²) < 4.78 is 16.3. The normalized spacial score (nSPS) is 17.8. The minimum absolute atomic E-state index is 0.133. The molecule has 0 bridgehead atoms. The van der Waals surface area contributed by atoms with Crippen molar-refractivity contribution in [2.45, 2.75) is 30.8 Å². The lowest BCUT2D eigenvalue weighted by Crippen LogP contribution is -2.29. The fourth-order valence-corrected chi connectivity index (χ4v) is 2.07. The predicted molar refractivity (Wildman–Crippen MR) is 51.2 cm³/mol. The van der Waals surface area contributed by atoms with Crippen molar-refractivity contribution in [1.82, 2.24) is 0 Å². The number of carboxylic acid groups (broad SMARTS) is 1. The van der Waals surface area contributed by atoms with Crippen LogP contribution in [0, 0.1) is 0 Å². The van der Waals surface area contributed by atoms with Crippen LogP contribution < -0.4 is 0 Å². The zero-order valence-electron chi connectivity index (χ0n) is 8.15. The van der Waals surface area contributed by atoms with Gasteiger partial charge in [0, 0.05) is 29.8 Å². The quantitative estimate of drug-likeness (QED) is 0.695. The molecule has 0 aliphatic rings. The maximum Gasteiger partial charge on any atom is 0.318 e. The Balaban J connectivity index is 4.01. The van der Waals surface area contributed by atoms with Crippen molar-refractivity contribution in [3.63, 3.8) is 0 Å². The van der Waals surface area contributed by atoms with E-state index in [1.54, 1.807) is 14.0 Å². The number of ether oxygens (including phenoxy) is 1. The highest BCUT2D eigenvalue weighted by molar-refractivity contribution is 7.87. The molecule has 0 rings (SSSR count). The molecule has 5 heteroatoms. The maximum absolute atomic E-state index is 11.5. The van der Waals surface area contributed by atoms with E-state index in [1.165, 1.54) is 6.92 Å². The Morgan fingerprint density at radius 2 is 2.08 bits per heavy atom. The summed E-state index contributed by atoms with van der Waals surface area (Å²) in [5.41, 5.74) is 0. The SMILES string of the molecule is COCCC(C)S(=O)C(C)C(=O)O. The molecule has 0 amide bonds. The van der Waals surface area contributed by atoms with E-state index >= 15 is 0 Å². The number of rotatable bonds is 6. The molecule has 13 heavy (non-hydrogen) atoms. The Bertz CT molecular complexity index is 193. The van der Waals surface area contributed by atoms with Crippen molar-refractivity contribution >= 4 is 16.8 Å². The van der Waals surface area contributed by atoms with Gasteiger partial charge in [0.15, 0.2) is 0 Å². The number of methoxy groups -OCH3 is 1. The van der Waals surface area contributed by atoms with E-state index in [-0.39, 0.29) is 5.25 Å². The predicted octanol–water partition coefficient (Wildman–Crippen LogP) is 0.633. The molecule has 0 heterocycles. The van der Waals surface area contributed by atoms with Crippen LogP contribution in [0.3, 0.4) is 0 Å². The summed E-state index contributed by atoms with van der Waals surface area (Å²) in [5, 5.41) is 7.67. The lowest BCUT2D eigenvalue weighted by atomic mass is 10.3. The van der Waals surface area contributed by atoms with Crippen molar-refractivity contribution in [1.29, 1.82) is 0 Å². The molecule has 3 atom stereocenters. The topological polar surface area (TPSA) is 63.6 Å². The number of carbonyl (C=O) groups is 1. The molecular weight excluding hydrogens is 192 g/mol. The van der Waals surface area contributed by atoms with Gasteiger partial charge >= 0.3 is 5.97 Å². The van der Waals surface area contributed by atoms with E-state index in [0.29, 0.717) is 13.0 Å². The van der Waals surface area contributed by atoms with Crippen molar-refractivity contribution in [2.24, 2.45) is 0 Å². The number of hydrogen-bond donors (Lipinski definition) is 1. The van der Waals surface area contributed by atoms with Crippen molar-refractivity contribution in [2.75, 3.05) is 13.7 Å². The molecule has 0 saturated heterocycles. The van der Waals surface area contributed by atoms with Gasteiger partial charge in [0.25, 0.3) is 0 Å². The van der Waals surface area contributed by atoms with Gasteiger partial charge in [0.1, 0.15) is 5.25 Å². The zero-order valence-corrected chi connectivity index (χ0v) is 8.97. The van der Waals surface area contributed by atoms with E-state index in [0.717, 1.165) is 0 Å². The fourth-order valence-electron chi connectivity index (χ4n) is 0.848. The monoisotopic (exact) mass is 208 g/mol. The second-order valence-corrected chi connectivity index (χ2v) is 5.07. The fraction of sp³-hybridized carbons (Fsp3) is 0.875. The molecule has 1 N–H and O–H groups in total. The third-order valence-electron chi connectivity index (χ3n) is 1.82. The summed E-state index contributed by atoms with van der Waals surface area (Å²) in [6.45, 7) is 3.75. The Kier molecular flexibility index (Phi) is 5.90. The van der Waals surface area contributed by atoms with Gasteiger partial charge in [0.05, 0.1) is 0 Å². The van der Waals surface area contributed by atoms with E-state index in [2.05, 4.69) is 0 Å². The molecule has 0 aromatic carbocycles. The van der Waals surface area contributed by atoms with Crippen LogP contribution >= 0.6 is 0 Å². The first-order chi connectivity index (χ1) is 6.00. The van der Waals surface area contributed by atoms with Gasteiger partial charge in [-0.2, -0.15) is 0 Å². The number of aliphatic carboxylic acids is 1. The smallest absolute Gasteiger partial charge is 0.318 e. The van der Waals surface area contributed by atoms with Crippen molar-refractivity contribution in [3.05, 3.63) is 0 Å². The third-order valence-corrected chi connectivity index (χ3v) is 3.75. The van der Waals surface area contributed by atoms with Crippen LogP contribution in [0.5, 0.6) is 0 Å². The summed E-state index contributed by atoms with van der Waals surface area (Å²) in [7, 11) is 0.245. The van der Waals surface area contributed by atoms with E-state index in [1.807, 2.05) is 0 Å². The Hall–Kier alpha value is -0.420. The van der Waals surface area contributed by atoms with Crippen LogP contribution in [0.25, 0.3) is 0 Å². The second kappa shape index (κ2) is 6.10. The highest BCUT2D eigenvalue weighted by Gasteiger charge is 2.23. The molecule has 0 aromatic heterocycles. The Labute approximate surface area is 80.7 Å². The standard InChI is InChI=1S/C8H16O4S/c1-6(4-5-12-3)13(11)7(2)8(9)10/h6-7H,4-5H2,1-3H3,(H,9,10). The molecule has 0 aromatic rings. The van der Waals surface area contributed by atoms with Gasteiger partial charge in [-0.3, -0.25) is 9.00 Å². The summed E-state index contributed by atoms with van der Waals surface area (Å²) in [6, 6.07) is 0.